The molecule has 1 amide bonds. The highest BCUT2D eigenvalue weighted by Crippen LogP contribution is 2.24. The summed E-state index contributed by atoms with van der Waals surface area (Å²) < 4.78 is 44.0. The van der Waals surface area contributed by atoms with E-state index in [1.165, 1.54) is 4.90 Å². The molecule has 0 saturated carbocycles. The maximum Gasteiger partial charge on any atom is 0.405 e. The van der Waals surface area contributed by atoms with Crippen molar-refractivity contribution < 1.29 is 22.7 Å². The molecule has 0 spiro atoms. The predicted molar refractivity (Wildman–Crippen MR) is 75.7 cm³/mol. The summed E-state index contributed by atoms with van der Waals surface area (Å²) in [5, 5.41) is 5.30. The SMILES string of the molecule is CCCOCC(=O)NCC(N1CCNCC1)C(F)(F)F.Cl. The van der Waals surface area contributed by atoms with Gasteiger partial charge in [-0.05, 0) is 6.42 Å². The minimum Gasteiger partial charge on any atom is -0.372 e. The first-order valence-electron chi connectivity index (χ1n) is 6.81. The first-order chi connectivity index (χ1) is 9.45. The predicted octanol–water partition coefficient (Wildman–Crippen LogP) is 0.787. The molecule has 0 bridgehead atoms. The van der Waals surface area contributed by atoms with Crippen LogP contribution in [0, 0.1) is 0 Å². The van der Waals surface area contributed by atoms with Crippen molar-refractivity contribution in [3.8, 4) is 0 Å². The van der Waals surface area contributed by atoms with Gasteiger partial charge in [-0.15, -0.1) is 12.4 Å². The molecule has 9 heteroatoms. The van der Waals surface area contributed by atoms with Gasteiger partial charge >= 0.3 is 6.18 Å². The lowest BCUT2D eigenvalue weighted by Crippen LogP contribution is -2.57. The highest BCUT2D eigenvalue weighted by molar-refractivity contribution is 5.85. The number of hydrogen-bond acceptors (Lipinski definition) is 4. The van der Waals surface area contributed by atoms with E-state index in [0.717, 1.165) is 6.42 Å². The summed E-state index contributed by atoms with van der Waals surface area (Å²) in [4.78, 5) is 12.7. The van der Waals surface area contributed by atoms with Crippen LogP contribution in [0.1, 0.15) is 13.3 Å². The van der Waals surface area contributed by atoms with Crippen molar-refractivity contribution in [1.82, 2.24) is 15.5 Å². The highest BCUT2D eigenvalue weighted by atomic mass is 35.5. The van der Waals surface area contributed by atoms with Gasteiger partial charge < -0.3 is 15.4 Å². The molecule has 5 nitrogen and oxygen atoms in total. The molecule has 1 unspecified atom stereocenters. The number of amides is 1. The van der Waals surface area contributed by atoms with Gasteiger partial charge in [-0.25, -0.2) is 0 Å². The largest absolute Gasteiger partial charge is 0.405 e. The van der Waals surface area contributed by atoms with Crippen molar-refractivity contribution in [2.75, 3.05) is 45.9 Å². The first kappa shape index (κ1) is 20.4. The average Bonchev–Trinajstić information content (AvgIpc) is 2.39. The number of alkyl halides is 3. The van der Waals surface area contributed by atoms with Gasteiger partial charge in [0.1, 0.15) is 12.6 Å². The Morgan fingerprint density at radius 2 is 2.00 bits per heavy atom. The van der Waals surface area contributed by atoms with Crippen LogP contribution in [0.25, 0.3) is 0 Å². The lowest BCUT2D eigenvalue weighted by atomic mass is 10.2. The molecule has 0 aromatic carbocycles. The molecule has 0 aromatic heterocycles. The van der Waals surface area contributed by atoms with Crippen LogP contribution in [0.2, 0.25) is 0 Å². The normalized spacial score (nSPS) is 17.9. The molecule has 0 radical (unpaired) electrons. The summed E-state index contributed by atoms with van der Waals surface area (Å²) in [5.74, 6) is -0.511. The van der Waals surface area contributed by atoms with Gasteiger partial charge in [0.25, 0.3) is 0 Å². The van der Waals surface area contributed by atoms with Crippen molar-refractivity contribution in [2.24, 2.45) is 0 Å². The van der Waals surface area contributed by atoms with Crippen molar-refractivity contribution in [2.45, 2.75) is 25.6 Å². The zero-order valence-electron chi connectivity index (χ0n) is 12.0. The Kier molecular flexibility index (Phi) is 9.93. The number of carbonyl (C=O) groups is 1. The van der Waals surface area contributed by atoms with E-state index in [2.05, 4.69) is 10.6 Å². The third-order valence-electron chi connectivity index (χ3n) is 3.04. The van der Waals surface area contributed by atoms with Gasteiger partial charge in [0.2, 0.25) is 5.91 Å². The Bertz CT molecular complexity index is 300. The molecule has 126 valence electrons. The Morgan fingerprint density at radius 1 is 1.38 bits per heavy atom. The van der Waals surface area contributed by atoms with E-state index in [1.807, 2.05) is 6.92 Å². The zero-order valence-corrected chi connectivity index (χ0v) is 12.9. The molecule has 0 aromatic rings. The molecule has 1 aliphatic heterocycles. The topological polar surface area (TPSA) is 53.6 Å². The molecule has 0 aliphatic carbocycles. The van der Waals surface area contributed by atoms with E-state index < -0.39 is 24.7 Å². The Balaban J connectivity index is 0.00000400. The molecule has 21 heavy (non-hydrogen) atoms. The van der Waals surface area contributed by atoms with Crippen LogP contribution in [0.4, 0.5) is 13.2 Å². The van der Waals surface area contributed by atoms with Crippen LogP contribution in [0.15, 0.2) is 0 Å². The third-order valence-corrected chi connectivity index (χ3v) is 3.04. The van der Waals surface area contributed by atoms with Crippen molar-refractivity contribution >= 4 is 18.3 Å². The van der Waals surface area contributed by atoms with Crippen molar-refractivity contribution in [1.29, 1.82) is 0 Å². The Morgan fingerprint density at radius 3 is 2.52 bits per heavy atom. The summed E-state index contributed by atoms with van der Waals surface area (Å²) in [5.41, 5.74) is 0. The van der Waals surface area contributed by atoms with Crippen LogP contribution in [-0.4, -0.2) is 69.0 Å². The van der Waals surface area contributed by atoms with Crippen molar-refractivity contribution in [3.05, 3.63) is 0 Å². The second-order valence-electron chi connectivity index (χ2n) is 4.70. The van der Waals surface area contributed by atoms with Crippen molar-refractivity contribution in [3.63, 3.8) is 0 Å². The fourth-order valence-corrected chi connectivity index (χ4v) is 2.02. The quantitative estimate of drug-likeness (QED) is 0.676. The standard InChI is InChI=1S/C12H22F3N3O2.ClH/c1-2-7-20-9-11(19)17-8-10(12(13,14)15)18-5-3-16-4-6-18;/h10,16H,2-9H2,1H3,(H,17,19);1H. The number of nitrogens with zero attached hydrogens (tertiary/aromatic N) is 1. The van der Waals surface area contributed by atoms with E-state index in [1.54, 1.807) is 0 Å². The van der Waals surface area contributed by atoms with Crippen LogP contribution >= 0.6 is 12.4 Å². The van der Waals surface area contributed by atoms with E-state index in [-0.39, 0.29) is 19.0 Å². The minimum atomic E-state index is -4.35. The molecule has 1 saturated heterocycles. The van der Waals surface area contributed by atoms with Gasteiger partial charge in [0.05, 0.1) is 0 Å². The number of ether oxygens (including phenoxy) is 1. The van der Waals surface area contributed by atoms with Gasteiger partial charge in [0.15, 0.2) is 0 Å². The Hall–Kier alpha value is -0.570. The summed E-state index contributed by atoms with van der Waals surface area (Å²) in [6.45, 7) is 3.40. The van der Waals surface area contributed by atoms with Crippen LogP contribution in [0.5, 0.6) is 0 Å². The molecule has 1 atom stereocenters. The van der Waals surface area contributed by atoms with Crippen LogP contribution in [0.3, 0.4) is 0 Å². The summed E-state index contributed by atoms with van der Waals surface area (Å²) >= 11 is 0. The third kappa shape index (κ3) is 7.85. The number of piperazine rings is 1. The zero-order chi connectivity index (χ0) is 15.0. The minimum absolute atomic E-state index is 0. The molecule has 1 aliphatic rings. The van der Waals surface area contributed by atoms with E-state index >= 15 is 0 Å². The highest BCUT2D eigenvalue weighted by Gasteiger charge is 2.43. The molecule has 2 N–H and O–H groups in total. The second-order valence-corrected chi connectivity index (χ2v) is 4.70. The second kappa shape index (κ2) is 10.2. The summed E-state index contributed by atoms with van der Waals surface area (Å²) in [7, 11) is 0. The van der Waals surface area contributed by atoms with Gasteiger partial charge in [-0.2, -0.15) is 13.2 Å². The maximum absolute atomic E-state index is 13.0. The summed E-state index contributed by atoms with van der Waals surface area (Å²) in [6, 6.07) is -1.64. The fraction of sp³-hybridized carbons (Fsp3) is 0.917. The molecule has 1 rings (SSSR count). The van der Waals surface area contributed by atoms with E-state index in [9.17, 15) is 18.0 Å². The monoisotopic (exact) mass is 333 g/mol. The molecular formula is C12H23ClF3N3O2. The molecule has 1 fully saturated rings. The number of hydrogen-bond donors (Lipinski definition) is 2. The van der Waals surface area contributed by atoms with E-state index in [4.69, 9.17) is 4.74 Å². The number of carbonyl (C=O) groups excluding carboxylic acids is 1. The van der Waals surface area contributed by atoms with Crippen LogP contribution < -0.4 is 10.6 Å². The molecular weight excluding hydrogens is 311 g/mol. The first-order valence-corrected chi connectivity index (χ1v) is 6.81. The average molecular weight is 334 g/mol. The number of rotatable bonds is 7. The summed E-state index contributed by atoms with van der Waals surface area (Å²) in [6.07, 6.45) is -3.59. The van der Waals surface area contributed by atoms with Gasteiger partial charge in [-0.1, -0.05) is 6.92 Å². The van der Waals surface area contributed by atoms with Crippen LogP contribution in [-0.2, 0) is 9.53 Å². The lowest BCUT2D eigenvalue weighted by Gasteiger charge is -2.35. The maximum atomic E-state index is 13.0. The molecule has 1 heterocycles. The van der Waals surface area contributed by atoms with Gasteiger partial charge in [-0.3, -0.25) is 9.69 Å². The Labute approximate surface area is 129 Å². The number of halogens is 4. The fourth-order valence-electron chi connectivity index (χ4n) is 2.02. The number of nitrogens with one attached hydrogen (secondary N) is 2. The van der Waals surface area contributed by atoms with Gasteiger partial charge in [0, 0.05) is 39.3 Å². The van der Waals surface area contributed by atoms with E-state index in [0.29, 0.717) is 32.8 Å². The smallest absolute Gasteiger partial charge is 0.372 e. The lowest BCUT2D eigenvalue weighted by molar-refractivity contribution is -0.184.